The average Bonchev–Trinajstić information content (AvgIpc) is 2.23. The van der Waals surface area contributed by atoms with Crippen LogP contribution in [0.2, 0.25) is 0 Å². The maximum absolute atomic E-state index is 7.75. The molecule has 0 fully saturated rings. The number of carbonyl (C=O) groups excluding carboxylic acids is 1. The van der Waals surface area contributed by atoms with Gasteiger partial charge in [-0.05, 0) is 0 Å². The molecule has 2 heteroatoms. The average molecular weight is 304 g/mol. The molecule has 0 N–H and O–H groups in total. The summed E-state index contributed by atoms with van der Waals surface area (Å²) in [7, 11) is 0. The Morgan fingerprint density at radius 1 is 1.44 bits per heavy atom. The first kappa shape index (κ1) is 15.9. The van der Waals surface area contributed by atoms with E-state index in [1.807, 2.05) is 12.2 Å². The minimum absolute atomic E-state index is 0. The molecule has 0 amide bonds. The summed E-state index contributed by atoms with van der Waals surface area (Å²) in [5.41, 5.74) is 0. The van der Waals surface area contributed by atoms with Crippen LogP contribution >= 0.6 is 0 Å². The molecular formula is C7H9OPt-3. The third kappa shape index (κ3) is 11.4. The van der Waals surface area contributed by atoms with Crippen LogP contribution in [-0.4, -0.2) is 6.79 Å². The van der Waals surface area contributed by atoms with Crippen LogP contribution in [-0.2, 0) is 25.9 Å². The van der Waals surface area contributed by atoms with E-state index in [0.717, 1.165) is 6.42 Å². The van der Waals surface area contributed by atoms with Crippen molar-refractivity contribution in [1.29, 1.82) is 0 Å². The minimum atomic E-state index is 0. The van der Waals surface area contributed by atoms with Crippen molar-refractivity contribution in [3.05, 3.63) is 31.7 Å². The van der Waals surface area contributed by atoms with Gasteiger partial charge in [0.25, 0.3) is 0 Å². The van der Waals surface area contributed by atoms with Crippen LogP contribution in [0.4, 0.5) is 0 Å². The molecule has 0 bridgehead atoms. The molecule has 1 rings (SSSR count). The SMILES string of the molecule is [C-]1=CC=CC1.[CH-]=O.[CH3-].[Pt]. The summed E-state index contributed by atoms with van der Waals surface area (Å²) in [6, 6.07) is 0. The van der Waals surface area contributed by atoms with Crippen LogP contribution in [0.1, 0.15) is 6.42 Å². The van der Waals surface area contributed by atoms with Gasteiger partial charge in [-0.2, -0.15) is 6.08 Å². The first-order valence-corrected chi connectivity index (χ1v) is 1.95. The fourth-order valence-electron chi connectivity index (χ4n) is 0.340. The summed E-state index contributed by atoms with van der Waals surface area (Å²) in [6.07, 6.45) is 10.0. The molecule has 0 spiro atoms. The molecule has 1 aliphatic carbocycles. The fraction of sp³-hybridized carbons (Fsp3) is 0.143. The van der Waals surface area contributed by atoms with Gasteiger partial charge in [0.2, 0.25) is 0 Å². The van der Waals surface area contributed by atoms with Gasteiger partial charge >= 0.3 is 0 Å². The Hall–Kier alpha value is -0.162. The van der Waals surface area contributed by atoms with Crippen molar-refractivity contribution in [2.75, 3.05) is 0 Å². The molecule has 0 atom stereocenters. The van der Waals surface area contributed by atoms with E-state index in [1.165, 1.54) is 0 Å². The van der Waals surface area contributed by atoms with Crippen molar-refractivity contribution < 1.29 is 25.9 Å². The molecule has 0 aromatic rings. The van der Waals surface area contributed by atoms with E-state index in [2.05, 4.69) is 18.9 Å². The summed E-state index contributed by atoms with van der Waals surface area (Å²) < 4.78 is 0. The summed E-state index contributed by atoms with van der Waals surface area (Å²) in [5.74, 6) is 0. The zero-order valence-corrected chi connectivity index (χ0v) is 7.51. The molecule has 0 saturated carbocycles. The topological polar surface area (TPSA) is 17.1 Å². The van der Waals surface area contributed by atoms with Gasteiger partial charge < -0.3 is 12.2 Å². The monoisotopic (exact) mass is 304 g/mol. The Morgan fingerprint density at radius 3 is 2.11 bits per heavy atom. The van der Waals surface area contributed by atoms with Gasteiger partial charge in [-0.15, -0.1) is 6.42 Å². The predicted molar refractivity (Wildman–Crippen MR) is 34.7 cm³/mol. The van der Waals surface area contributed by atoms with Gasteiger partial charge in [0.05, 0.1) is 0 Å². The Labute approximate surface area is 71.1 Å². The van der Waals surface area contributed by atoms with Gasteiger partial charge in [0.1, 0.15) is 0 Å². The Morgan fingerprint density at radius 2 is 2.00 bits per heavy atom. The van der Waals surface area contributed by atoms with Crippen molar-refractivity contribution in [1.82, 2.24) is 0 Å². The second kappa shape index (κ2) is 15.7. The third-order valence-corrected chi connectivity index (χ3v) is 0.586. The van der Waals surface area contributed by atoms with Gasteiger partial charge in [0.15, 0.2) is 0 Å². The molecule has 0 saturated heterocycles. The van der Waals surface area contributed by atoms with E-state index < -0.39 is 0 Å². The number of hydrogen-bond donors (Lipinski definition) is 0. The first-order valence-electron chi connectivity index (χ1n) is 1.95. The number of allylic oxidation sites excluding steroid dienone is 4. The molecule has 0 unspecified atom stereocenters. The second-order valence-electron chi connectivity index (χ2n) is 1.00. The van der Waals surface area contributed by atoms with Crippen LogP contribution in [0.3, 0.4) is 0 Å². The number of hydrogen-bond acceptors (Lipinski definition) is 1. The predicted octanol–water partition coefficient (Wildman–Crippen LogP) is 1.48. The second-order valence-corrected chi connectivity index (χ2v) is 1.00. The van der Waals surface area contributed by atoms with E-state index in [-0.39, 0.29) is 28.5 Å². The van der Waals surface area contributed by atoms with E-state index in [9.17, 15) is 0 Å². The minimum Gasteiger partial charge on any atom is -0.545 e. The Kier molecular flexibility index (Phi) is 27.7. The fourth-order valence-corrected chi connectivity index (χ4v) is 0.340. The van der Waals surface area contributed by atoms with Crippen molar-refractivity contribution >= 4 is 6.79 Å². The van der Waals surface area contributed by atoms with E-state index in [1.54, 1.807) is 0 Å². The van der Waals surface area contributed by atoms with Crippen LogP contribution in [0.5, 0.6) is 0 Å². The molecule has 1 aliphatic rings. The molecule has 0 heterocycles. The maximum atomic E-state index is 7.75. The van der Waals surface area contributed by atoms with Crippen molar-refractivity contribution in [2.45, 2.75) is 6.42 Å². The Balaban J connectivity index is -0.0000000836. The molecule has 0 aliphatic heterocycles. The molecule has 56 valence electrons. The molecule has 0 aromatic heterocycles. The Bertz CT molecular complexity index is 76.9. The smallest absolute Gasteiger partial charge is 0 e. The van der Waals surface area contributed by atoms with Crippen molar-refractivity contribution in [3.8, 4) is 0 Å². The van der Waals surface area contributed by atoms with Crippen LogP contribution in [0.15, 0.2) is 18.2 Å². The molecular weight excluding hydrogens is 295 g/mol. The molecule has 0 radical (unpaired) electrons. The van der Waals surface area contributed by atoms with Gasteiger partial charge in [-0.1, -0.05) is 0 Å². The molecule has 0 aromatic carbocycles. The summed E-state index contributed by atoms with van der Waals surface area (Å²) >= 11 is 0. The maximum Gasteiger partial charge on any atom is 0 e. The summed E-state index contributed by atoms with van der Waals surface area (Å²) in [5, 5.41) is 0. The first-order chi connectivity index (χ1) is 3.50. The molecule has 1 nitrogen and oxygen atoms in total. The normalized spacial score (nSPS) is 10.2. The summed E-state index contributed by atoms with van der Waals surface area (Å²) in [4.78, 5) is 7.75. The quantitative estimate of drug-likeness (QED) is 0.489. The largest absolute Gasteiger partial charge is 0.545 e. The summed E-state index contributed by atoms with van der Waals surface area (Å²) in [6.45, 7) is 3.25. The zero-order valence-electron chi connectivity index (χ0n) is 5.24. The standard InChI is InChI=1S/C5H5.CHO.CH3.Pt/c1-2-4-5-3-1;1-2;;/h1-3H,4H2;1H;1H3;/q3*-1;. The van der Waals surface area contributed by atoms with Crippen molar-refractivity contribution in [3.63, 3.8) is 0 Å². The van der Waals surface area contributed by atoms with E-state index in [4.69, 9.17) is 4.79 Å². The van der Waals surface area contributed by atoms with Gasteiger partial charge in [-0.3, -0.25) is 12.9 Å². The van der Waals surface area contributed by atoms with Crippen LogP contribution in [0.25, 0.3) is 0 Å². The molecule has 9 heavy (non-hydrogen) atoms. The van der Waals surface area contributed by atoms with Gasteiger partial charge in [0, 0.05) is 21.1 Å². The zero-order chi connectivity index (χ0) is 5.54. The van der Waals surface area contributed by atoms with Crippen LogP contribution < -0.4 is 0 Å². The van der Waals surface area contributed by atoms with E-state index in [0.29, 0.717) is 0 Å². The number of rotatable bonds is 0. The van der Waals surface area contributed by atoms with Gasteiger partial charge in [-0.25, -0.2) is 12.2 Å². The van der Waals surface area contributed by atoms with E-state index >= 15 is 0 Å². The van der Waals surface area contributed by atoms with Crippen LogP contribution in [0, 0.1) is 13.5 Å². The third-order valence-electron chi connectivity index (χ3n) is 0.586. The van der Waals surface area contributed by atoms with Crippen molar-refractivity contribution in [2.24, 2.45) is 0 Å².